The average molecular weight is 306 g/mol. The lowest BCUT2D eigenvalue weighted by molar-refractivity contribution is 0.129. The highest BCUT2D eigenvalue weighted by molar-refractivity contribution is 5.73. The minimum atomic E-state index is -0.357. The maximum Gasteiger partial charge on any atom is 0.314 e. The van der Waals surface area contributed by atoms with Crippen LogP contribution in [-0.2, 0) is 6.42 Å². The van der Waals surface area contributed by atoms with Crippen molar-refractivity contribution in [3.05, 3.63) is 34.9 Å². The number of hydrogen-bond acceptors (Lipinski definition) is 2. The van der Waals surface area contributed by atoms with Gasteiger partial charge in [-0.3, -0.25) is 0 Å². The lowest BCUT2D eigenvalue weighted by Crippen LogP contribution is -2.42. The molecule has 0 aliphatic rings. The van der Waals surface area contributed by atoms with Crippen LogP contribution in [0.1, 0.15) is 43.9 Å². The minimum Gasteiger partial charge on any atom is -0.393 e. The van der Waals surface area contributed by atoms with Crippen LogP contribution in [0.2, 0.25) is 0 Å². The van der Waals surface area contributed by atoms with Crippen LogP contribution in [0.25, 0.3) is 0 Å². The van der Waals surface area contributed by atoms with Gasteiger partial charge in [-0.25, -0.2) is 4.79 Å². The molecule has 4 nitrogen and oxygen atoms in total. The molecule has 3 N–H and O–H groups in total. The number of urea groups is 1. The van der Waals surface area contributed by atoms with E-state index < -0.39 is 0 Å². The molecule has 2 amide bonds. The number of benzene rings is 1. The van der Waals surface area contributed by atoms with E-state index in [1.54, 1.807) is 6.92 Å². The van der Waals surface area contributed by atoms with Gasteiger partial charge in [-0.05, 0) is 44.6 Å². The molecule has 0 spiro atoms. The standard InChI is InChI=1S/C18H30N2O2/c1-13-8-14(2)10-16(9-13)6-7-19-17(22)20-12-18(4,5)11-15(3)21/h8-10,15,21H,6-7,11-12H2,1-5H3,(H2,19,20,22). The van der Waals surface area contributed by atoms with Gasteiger partial charge in [0.2, 0.25) is 0 Å². The molecule has 1 unspecified atom stereocenters. The van der Waals surface area contributed by atoms with Gasteiger partial charge in [0.1, 0.15) is 0 Å². The fourth-order valence-electron chi connectivity index (χ4n) is 2.79. The summed E-state index contributed by atoms with van der Waals surface area (Å²) in [7, 11) is 0. The van der Waals surface area contributed by atoms with Gasteiger partial charge >= 0.3 is 6.03 Å². The monoisotopic (exact) mass is 306 g/mol. The molecule has 0 radical (unpaired) electrons. The molecule has 1 aromatic carbocycles. The third-order valence-electron chi connectivity index (χ3n) is 3.56. The van der Waals surface area contributed by atoms with E-state index in [9.17, 15) is 9.90 Å². The molecule has 0 aromatic heterocycles. The zero-order valence-corrected chi connectivity index (χ0v) is 14.5. The molecule has 4 heteroatoms. The predicted molar refractivity (Wildman–Crippen MR) is 91.1 cm³/mol. The second-order valence-corrected chi connectivity index (χ2v) is 7.07. The Labute approximate surface area is 134 Å². The summed E-state index contributed by atoms with van der Waals surface area (Å²) in [5, 5.41) is 15.2. The van der Waals surface area contributed by atoms with E-state index in [0.717, 1.165) is 6.42 Å². The molecule has 0 fully saturated rings. The Hall–Kier alpha value is -1.55. The molecule has 0 aliphatic carbocycles. The first-order chi connectivity index (χ1) is 10.2. The number of nitrogens with one attached hydrogen (secondary N) is 2. The Bertz CT molecular complexity index is 476. The van der Waals surface area contributed by atoms with Crippen molar-refractivity contribution in [1.82, 2.24) is 10.6 Å². The van der Waals surface area contributed by atoms with Gasteiger partial charge in [-0.15, -0.1) is 0 Å². The predicted octanol–water partition coefficient (Wildman–Crippen LogP) is 2.94. The second-order valence-electron chi connectivity index (χ2n) is 7.07. The number of amides is 2. The van der Waals surface area contributed by atoms with Crippen molar-refractivity contribution in [2.45, 2.75) is 53.6 Å². The number of hydrogen-bond donors (Lipinski definition) is 3. The number of aliphatic hydroxyl groups excluding tert-OH is 1. The van der Waals surface area contributed by atoms with E-state index in [2.05, 4.69) is 42.7 Å². The molecule has 22 heavy (non-hydrogen) atoms. The van der Waals surface area contributed by atoms with Crippen molar-refractivity contribution in [2.24, 2.45) is 5.41 Å². The third kappa shape index (κ3) is 7.46. The van der Waals surface area contributed by atoms with Gasteiger partial charge in [-0.1, -0.05) is 43.2 Å². The van der Waals surface area contributed by atoms with E-state index in [1.807, 2.05) is 13.8 Å². The first-order valence-electron chi connectivity index (χ1n) is 7.95. The van der Waals surface area contributed by atoms with Crippen LogP contribution >= 0.6 is 0 Å². The van der Waals surface area contributed by atoms with Crippen molar-refractivity contribution in [3.63, 3.8) is 0 Å². The Kier molecular flexibility index (Phi) is 6.88. The maximum atomic E-state index is 11.8. The van der Waals surface area contributed by atoms with Crippen LogP contribution in [-0.4, -0.2) is 30.3 Å². The summed E-state index contributed by atoms with van der Waals surface area (Å²) < 4.78 is 0. The van der Waals surface area contributed by atoms with Crippen molar-refractivity contribution in [1.29, 1.82) is 0 Å². The number of aryl methyl sites for hydroxylation is 2. The number of carbonyl (C=O) groups excluding carboxylic acids is 1. The summed E-state index contributed by atoms with van der Waals surface area (Å²) in [4.78, 5) is 11.8. The highest BCUT2D eigenvalue weighted by atomic mass is 16.3. The number of carbonyl (C=O) groups is 1. The molecule has 124 valence electrons. The lowest BCUT2D eigenvalue weighted by atomic mass is 9.87. The summed E-state index contributed by atoms with van der Waals surface area (Å²) in [5.74, 6) is 0. The van der Waals surface area contributed by atoms with Crippen molar-refractivity contribution < 1.29 is 9.90 Å². The van der Waals surface area contributed by atoms with Gasteiger partial charge in [-0.2, -0.15) is 0 Å². The fraction of sp³-hybridized carbons (Fsp3) is 0.611. The van der Waals surface area contributed by atoms with Crippen molar-refractivity contribution in [3.8, 4) is 0 Å². The highest BCUT2D eigenvalue weighted by Gasteiger charge is 2.20. The van der Waals surface area contributed by atoms with Crippen LogP contribution in [0.5, 0.6) is 0 Å². The Morgan fingerprint density at radius 3 is 2.32 bits per heavy atom. The molecular weight excluding hydrogens is 276 g/mol. The zero-order chi connectivity index (χ0) is 16.8. The smallest absolute Gasteiger partial charge is 0.314 e. The van der Waals surface area contributed by atoms with Gasteiger partial charge in [0.15, 0.2) is 0 Å². The second kappa shape index (κ2) is 8.18. The van der Waals surface area contributed by atoms with Crippen LogP contribution in [0.3, 0.4) is 0 Å². The zero-order valence-electron chi connectivity index (χ0n) is 14.5. The summed E-state index contributed by atoms with van der Waals surface area (Å²) in [6.45, 7) is 11.2. The summed E-state index contributed by atoms with van der Waals surface area (Å²) >= 11 is 0. The number of rotatable bonds is 7. The third-order valence-corrected chi connectivity index (χ3v) is 3.56. The molecule has 0 aliphatic heterocycles. The molecular formula is C18H30N2O2. The van der Waals surface area contributed by atoms with E-state index >= 15 is 0 Å². The maximum absolute atomic E-state index is 11.8. The molecule has 1 aromatic rings. The van der Waals surface area contributed by atoms with Gasteiger partial charge in [0.25, 0.3) is 0 Å². The Balaban J connectivity index is 2.31. The molecule has 1 atom stereocenters. The van der Waals surface area contributed by atoms with Crippen LogP contribution in [0.4, 0.5) is 4.79 Å². The van der Waals surface area contributed by atoms with E-state index in [0.29, 0.717) is 19.5 Å². The Morgan fingerprint density at radius 1 is 1.18 bits per heavy atom. The van der Waals surface area contributed by atoms with E-state index in [4.69, 9.17) is 0 Å². The van der Waals surface area contributed by atoms with Crippen LogP contribution in [0.15, 0.2) is 18.2 Å². The Morgan fingerprint density at radius 2 is 1.77 bits per heavy atom. The molecule has 0 saturated heterocycles. The molecule has 0 saturated carbocycles. The molecule has 0 bridgehead atoms. The van der Waals surface area contributed by atoms with Crippen molar-refractivity contribution >= 4 is 6.03 Å². The lowest BCUT2D eigenvalue weighted by Gasteiger charge is -2.26. The van der Waals surface area contributed by atoms with E-state index in [-0.39, 0.29) is 17.6 Å². The van der Waals surface area contributed by atoms with Gasteiger partial charge < -0.3 is 15.7 Å². The molecule has 1 rings (SSSR count). The summed E-state index contributed by atoms with van der Waals surface area (Å²) in [6.07, 6.45) is 1.13. The highest BCUT2D eigenvalue weighted by Crippen LogP contribution is 2.20. The first-order valence-corrected chi connectivity index (χ1v) is 7.95. The topological polar surface area (TPSA) is 61.4 Å². The largest absolute Gasteiger partial charge is 0.393 e. The number of aliphatic hydroxyl groups is 1. The summed E-state index contributed by atoms with van der Waals surface area (Å²) in [6, 6.07) is 6.30. The van der Waals surface area contributed by atoms with Crippen molar-refractivity contribution in [2.75, 3.05) is 13.1 Å². The van der Waals surface area contributed by atoms with Crippen LogP contribution in [0, 0.1) is 19.3 Å². The molecule has 0 heterocycles. The minimum absolute atomic E-state index is 0.112. The first kappa shape index (κ1) is 18.5. The van der Waals surface area contributed by atoms with E-state index in [1.165, 1.54) is 16.7 Å². The van der Waals surface area contributed by atoms with Gasteiger partial charge in [0, 0.05) is 13.1 Å². The van der Waals surface area contributed by atoms with Crippen LogP contribution < -0.4 is 10.6 Å². The quantitative estimate of drug-likeness (QED) is 0.725. The average Bonchev–Trinajstić information content (AvgIpc) is 2.34. The fourth-order valence-corrected chi connectivity index (χ4v) is 2.79. The SMILES string of the molecule is Cc1cc(C)cc(CCNC(=O)NCC(C)(C)CC(C)O)c1. The normalized spacial score (nSPS) is 12.8. The van der Waals surface area contributed by atoms with Gasteiger partial charge in [0.05, 0.1) is 6.10 Å². The summed E-state index contributed by atoms with van der Waals surface area (Å²) in [5.41, 5.74) is 3.63.